The van der Waals surface area contributed by atoms with Crippen LogP contribution < -0.4 is 16.4 Å². The highest BCUT2D eigenvalue weighted by molar-refractivity contribution is 5.72. The van der Waals surface area contributed by atoms with Crippen molar-refractivity contribution in [1.82, 2.24) is 15.3 Å². The third kappa shape index (κ3) is 7.48. The lowest BCUT2D eigenvalue weighted by atomic mass is 9.99. The predicted octanol–water partition coefficient (Wildman–Crippen LogP) is 3.65. The minimum Gasteiger partial charge on any atom is -0.465 e. The van der Waals surface area contributed by atoms with Crippen LogP contribution in [0.4, 0.5) is 11.8 Å². The summed E-state index contributed by atoms with van der Waals surface area (Å²) in [5.74, 6) is 1.44. The van der Waals surface area contributed by atoms with E-state index < -0.39 is 0 Å². The van der Waals surface area contributed by atoms with Crippen molar-refractivity contribution < 1.29 is 9.53 Å². The van der Waals surface area contributed by atoms with Gasteiger partial charge in [0.05, 0.1) is 13.0 Å². The molecule has 1 saturated heterocycles. The first-order chi connectivity index (χ1) is 15.5. The Balaban J connectivity index is 1.56. The molecule has 4 N–H and O–H groups in total. The van der Waals surface area contributed by atoms with Crippen LogP contribution in [0.2, 0.25) is 0 Å². The molecule has 1 aromatic carbocycles. The molecular formula is C25H37N5O2. The molecule has 1 fully saturated rings. The summed E-state index contributed by atoms with van der Waals surface area (Å²) in [6.07, 6.45) is 6.63. The minimum absolute atomic E-state index is 0.155. The second-order valence-electron chi connectivity index (χ2n) is 8.67. The number of aromatic nitrogens is 2. The topological polar surface area (TPSA) is 102 Å². The third-order valence-corrected chi connectivity index (χ3v) is 6.00. The van der Waals surface area contributed by atoms with Crippen LogP contribution in [0.15, 0.2) is 24.3 Å². The molecule has 0 radical (unpaired) electrons. The number of aryl methyl sites for hydroxylation is 1. The smallest absolute Gasteiger partial charge is 0.310 e. The highest BCUT2D eigenvalue weighted by Gasteiger charge is 2.16. The monoisotopic (exact) mass is 439 g/mol. The Morgan fingerprint density at radius 3 is 2.59 bits per heavy atom. The summed E-state index contributed by atoms with van der Waals surface area (Å²) in [6, 6.07) is 8.13. The van der Waals surface area contributed by atoms with Crippen molar-refractivity contribution in [2.75, 3.05) is 37.3 Å². The van der Waals surface area contributed by atoms with Gasteiger partial charge in [0.2, 0.25) is 5.95 Å². The molecule has 0 bridgehead atoms. The van der Waals surface area contributed by atoms with Gasteiger partial charge in [0.1, 0.15) is 5.82 Å². The Bertz CT molecular complexity index is 863. The molecule has 0 aliphatic carbocycles. The lowest BCUT2D eigenvalue weighted by Crippen LogP contribution is -2.30. The second-order valence-corrected chi connectivity index (χ2v) is 8.67. The molecule has 0 spiro atoms. The summed E-state index contributed by atoms with van der Waals surface area (Å²) in [6.45, 7) is 7.59. The fourth-order valence-corrected chi connectivity index (χ4v) is 4.01. The van der Waals surface area contributed by atoms with Crippen LogP contribution >= 0.6 is 0 Å². The molecule has 7 nitrogen and oxygen atoms in total. The molecule has 1 aromatic heterocycles. The first-order valence-electron chi connectivity index (χ1n) is 11.9. The number of hydrogen-bond acceptors (Lipinski definition) is 7. The highest BCUT2D eigenvalue weighted by atomic mass is 16.5. The molecule has 3 rings (SSSR count). The number of anilines is 2. The van der Waals surface area contributed by atoms with Gasteiger partial charge in [-0.2, -0.15) is 4.98 Å². The summed E-state index contributed by atoms with van der Waals surface area (Å²) in [4.78, 5) is 21.0. The summed E-state index contributed by atoms with van der Waals surface area (Å²) in [5.41, 5.74) is 9.94. The minimum atomic E-state index is -0.155. The summed E-state index contributed by atoms with van der Waals surface area (Å²) in [5, 5.41) is 6.76. The normalized spacial score (nSPS) is 14.3. The van der Waals surface area contributed by atoms with E-state index in [0.717, 1.165) is 67.1 Å². The van der Waals surface area contributed by atoms with Crippen LogP contribution in [0, 0.1) is 12.8 Å². The average molecular weight is 440 g/mol. The fraction of sp³-hybridized carbons (Fsp3) is 0.560. The van der Waals surface area contributed by atoms with Gasteiger partial charge in [-0.05, 0) is 56.3 Å². The molecule has 2 heterocycles. The summed E-state index contributed by atoms with van der Waals surface area (Å²) >= 11 is 0. The van der Waals surface area contributed by atoms with Crippen molar-refractivity contribution in [3.8, 4) is 0 Å². The maximum absolute atomic E-state index is 12.2. The first-order valence-corrected chi connectivity index (χ1v) is 11.9. The van der Waals surface area contributed by atoms with Gasteiger partial charge in [-0.15, -0.1) is 0 Å². The Kier molecular flexibility index (Phi) is 9.28. The van der Waals surface area contributed by atoms with Crippen molar-refractivity contribution in [3.63, 3.8) is 0 Å². The van der Waals surface area contributed by atoms with Crippen LogP contribution in [0.1, 0.15) is 61.4 Å². The quantitative estimate of drug-likeness (QED) is 0.363. The zero-order valence-corrected chi connectivity index (χ0v) is 19.5. The number of rotatable bonds is 11. The van der Waals surface area contributed by atoms with Gasteiger partial charge in [-0.3, -0.25) is 4.79 Å². The van der Waals surface area contributed by atoms with E-state index in [4.69, 9.17) is 10.5 Å². The summed E-state index contributed by atoms with van der Waals surface area (Å²) in [7, 11) is 0. The van der Waals surface area contributed by atoms with Crippen LogP contribution in [0.3, 0.4) is 0 Å². The van der Waals surface area contributed by atoms with E-state index >= 15 is 0 Å². The molecular weight excluding hydrogens is 402 g/mol. The van der Waals surface area contributed by atoms with E-state index in [1.54, 1.807) is 0 Å². The van der Waals surface area contributed by atoms with Gasteiger partial charge in [0, 0.05) is 24.2 Å². The molecule has 1 aliphatic heterocycles. The zero-order chi connectivity index (χ0) is 22.8. The third-order valence-electron chi connectivity index (χ3n) is 6.00. The van der Waals surface area contributed by atoms with E-state index in [9.17, 15) is 4.79 Å². The van der Waals surface area contributed by atoms with Gasteiger partial charge < -0.3 is 21.1 Å². The molecule has 0 saturated carbocycles. The number of piperidine rings is 1. The maximum Gasteiger partial charge on any atom is 0.310 e. The summed E-state index contributed by atoms with van der Waals surface area (Å²) < 4.78 is 5.51. The number of nitrogens with zero attached hydrogens (tertiary/aromatic N) is 2. The number of nitrogens with one attached hydrogen (secondary N) is 2. The van der Waals surface area contributed by atoms with Gasteiger partial charge in [0.25, 0.3) is 0 Å². The Labute approximate surface area is 191 Å². The van der Waals surface area contributed by atoms with Crippen molar-refractivity contribution in [1.29, 1.82) is 0 Å². The van der Waals surface area contributed by atoms with Crippen LogP contribution in [0.5, 0.6) is 0 Å². The highest BCUT2D eigenvalue weighted by Crippen LogP contribution is 2.22. The molecule has 2 aromatic rings. The van der Waals surface area contributed by atoms with Crippen molar-refractivity contribution in [2.45, 2.75) is 58.8 Å². The van der Waals surface area contributed by atoms with Gasteiger partial charge in [-0.1, -0.05) is 44.0 Å². The number of unbranched alkanes of at least 4 members (excludes halogenated alkanes) is 2. The molecule has 0 unspecified atom stereocenters. The second kappa shape index (κ2) is 12.4. The number of hydrogen-bond donors (Lipinski definition) is 3. The number of nitrogens with two attached hydrogens (primary N) is 1. The Morgan fingerprint density at radius 2 is 1.88 bits per heavy atom. The number of benzene rings is 1. The zero-order valence-electron chi connectivity index (χ0n) is 19.5. The Morgan fingerprint density at radius 1 is 1.16 bits per heavy atom. The van der Waals surface area contributed by atoms with E-state index in [1.165, 1.54) is 12.8 Å². The van der Waals surface area contributed by atoms with Crippen molar-refractivity contribution in [2.24, 2.45) is 5.92 Å². The van der Waals surface area contributed by atoms with Gasteiger partial charge in [-0.25, -0.2) is 4.98 Å². The first kappa shape index (κ1) is 24.0. The number of nitrogen functional groups attached to an aromatic ring is 1. The number of esters is 1. The van der Waals surface area contributed by atoms with E-state index in [-0.39, 0.29) is 5.97 Å². The van der Waals surface area contributed by atoms with Crippen LogP contribution in [-0.4, -0.2) is 42.2 Å². The maximum atomic E-state index is 12.2. The number of carbonyl (C=O) groups excluding carboxylic acids is 1. The molecule has 7 heteroatoms. The van der Waals surface area contributed by atoms with Gasteiger partial charge in [0.15, 0.2) is 0 Å². The van der Waals surface area contributed by atoms with Crippen LogP contribution in [0.25, 0.3) is 0 Å². The SMILES string of the molecule is CCCCCNc1nc(N)nc(C)c1Cc1ccc(CC(=O)OCC2CCNCC2)cc1. The van der Waals surface area contributed by atoms with Crippen molar-refractivity contribution in [3.05, 3.63) is 46.6 Å². The van der Waals surface area contributed by atoms with E-state index in [0.29, 0.717) is 31.3 Å². The fourth-order valence-electron chi connectivity index (χ4n) is 4.01. The molecule has 0 atom stereocenters. The molecule has 0 amide bonds. The number of ether oxygens (including phenoxy) is 1. The van der Waals surface area contributed by atoms with E-state index in [2.05, 4.69) is 39.7 Å². The lowest BCUT2D eigenvalue weighted by molar-refractivity contribution is -0.144. The molecule has 32 heavy (non-hydrogen) atoms. The average Bonchev–Trinajstić information content (AvgIpc) is 2.79. The molecule has 1 aliphatic rings. The predicted molar refractivity (Wildman–Crippen MR) is 129 cm³/mol. The Hall–Kier alpha value is -2.67. The number of carbonyl (C=O) groups is 1. The lowest BCUT2D eigenvalue weighted by Gasteiger charge is -2.22. The van der Waals surface area contributed by atoms with Crippen molar-refractivity contribution >= 4 is 17.7 Å². The standard InChI is InChI=1S/C25H37N5O2/c1-3-4-5-12-28-24-22(18(2)29-25(26)30-24)15-19-6-8-20(9-7-19)16-23(31)32-17-21-10-13-27-14-11-21/h6-9,21,27H,3-5,10-17H2,1-2H3,(H3,26,28,29,30). The van der Waals surface area contributed by atoms with Crippen LogP contribution in [-0.2, 0) is 22.4 Å². The molecule has 174 valence electrons. The van der Waals surface area contributed by atoms with E-state index in [1.807, 2.05) is 19.1 Å². The van der Waals surface area contributed by atoms with Gasteiger partial charge >= 0.3 is 5.97 Å². The largest absolute Gasteiger partial charge is 0.465 e.